The molecule has 0 saturated carbocycles. The molecule has 2 aromatic rings. The van der Waals surface area contributed by atoms with E-state index in [4.69, 9.17) is 0 Å². The van der Waals surface area contributed by atoms with Gasteiger partial charge >= 0.3 is 6.18 Å². The smallest absolute Gasteiger partial charge is 0.335 e. The van der Waals surface area contributed by atoms with E-state index in [9.17, 15) is 18.0 Å². The highest BCUT2D eigenvalue weighted by atomic mass is 19.4. The van der Waals surface area contributed by atoms with Crippen LogP contribution in [0.5, 0.6) is 0 Å². The van der Waals surface area contributed by atoms with E-state index in [0.29, 0.717) is 5.92 Å². The highest BCUT2D eigenvalue weighted by Gasteiger charge is 2.42. The third kappa shape index (κ3) is 3.75. The van der Waals surface area contributed by atoms with E-state index in [1.165, 1.54) is 23.3 Å². The van der Waals surface area contributed by atoms with Gasteiger partial charge in [0.25, 0.3) is 0 Å². The van der Waals surface area contributed by atoms with Crippen molar-refractivity contribution in [1.82, 2.24) is 9.80 Å². The van der Waals surface area contributed by atoms with Crippen LogP contribution in [-0.2, 0) is 11.0 Å². The molecular formula is C25H27F3N2O. The number of rotatable bonds is 2. The van der Waals surface area contributed by atoms with Crippen LogP contribution < -0.4 is 0 Å². The maximum atomic E-state index is 13.3. The molecule has 1 aliphatic carbocycles. The van der Waals surface area contributed by atoms with E-state index in [1.807, 2.05) is 6.07 Å². The number of likely N-dealkylation sites (tertiary alicyclic amines) is 2. The zero-order valence-corrected chi connectivity index (χ0v) is 17.7. The third-order valence-corrected chi connectivity index (χ3v) is 7.38. The Bertz CT molecular complexity index is 977. The van der Waals surface area contributed by atoms with Crippen LogP contribution in [0.4, 0.5) is 13.2 Å². The van der Waals surface area contributed by atoms with Crippen molar-refractivity contribution in [3.8, 4) is 11.1 Å². The van der Waals surface area contributed by atoms with Gasteiger partial charge in [-0.05, 0) is 92.2 Å². The first kappa shape index (κ1) is 20.6. The van der Waals surface area contributed by atoms with Crippen LogP contribution in [0, 0.1) is 5.92 Å². The molecule has 5 rings (SSSR count). The Balaban J connectivity index is 1.41. The maximum Gasteiger partial charge on any atom is 0.416 e. The van der Waals surface area contributed by atoms with Crippen LogP contribution in [0.15, 0.2) is 42.5 Å². The molecule has 1 amide bonds. The molecule has 0 aromatic heterocycles. The van der Waals surface area contributed by atoms with Crippen molar-refractivity contribution in [2.45, 2.75) is 43.8 Å². The van der Waals surface area contributed by atoms with Crippen molar-refractivity contribution in [3.63, 3.8) is 0 Å². The monoisotopic (exact) mass is 428 g/mol. The lowest BCUT2D eigenvalue weighted by molar-refractivity contribution is -0.141. The van der Waals surface area contributed by atoms with Gasteiger partial charge in [0.05, 0.1) is 11.6 Å². The van der Waals surface area contributed by atoms with Crippen LogP contribution in [0.3, 0.4) is 0 Å². The Labute approximate surface area is 180 Å². The molecule has 2 bridgehead atoms. The van der Waals surface area contributed by atoms with Crippen LogP contribution in [-0.4, -0.2) is 42.4 Å². The Kier molecular flexibility index (Phi) is 5.08. The zero-order chi connectivity index (χ0) is 21.8. The van der Waals surface area contributed by atoms with E-state index in [1.54, 1.807) is 0 Å². The SMILES string of the molecule is CN1CCC(C(=O)N2CC[C@@H]3C[C@H]2c2cc(-c4ccc(C(F)(F)F)cc4)ccc23)CC1. The highest BCUT2D eigenvalue weighted by Crippen LogP contribution is 2.50. The van der Waals surface area contributed by atoms with Crippen molar-refractivity contribution in [1.29, 1.82) is 0 Å². The topological polar surface area (TPSA) is 23.6 Å². The Morgan fingerprint density at radius 2 is 1.58 bits per heavy atom. The van der Waals surface area contributed by atoms with Crippen molar-refractivity contribution >= 4 is 5.91 Å². The number of carbonyl (C=O) groups is 1. The van der Waals surface area contributed by atoms with Gasteiger partial charge in [0.15, 0.2) is 0 Å². The number of hydrogen-bond acceptors (Lipinski definition) is 2. The molecular weight excluding hydrogens is 401 g/mol. The fraction of sp³-hybridized carbons (Fsp3) is 0.480. The molecule has 2 fully saturated rings. The zero-order valence-electron chi connectivity index (χ0n) is 17.7. The quantitative estimate of drug-likeness (QED) is 0.633. The lowest BCUT2D eigenvalue weighted by atomic mass is 9.91. The highest BCUT2D eigenvalue weighted by molar-refractivity contribution is 5.80. The largest absolute Gasteiger partial charge is 0.416 e. The summed E-state index contributed by atoms with van der Waals surface area (Å²) in [4.78, 5) is 17.7. The van der Waals surface area contributed by atoms with E-state index < -0.39 is 11.7 Å². The van der Waals surface area contributed by atoms with Crippen LogP contribution in [0.2, 0.25) is 0 Å². The summed E-state index contributed by atoms with van der Waals surface area (Å²) < 4.78 is 38.7. The molecule has 2 heterocycles. The van der Waals surface area contributed by atoms with Gasteiger partial charge in [-0.1, -0.05) is 24.3 Å². The van der Waals surface area contributed by atoms with Gasteiger partial charge in [0, 0.05) is 12.5 Å². The molecule has 31 heavy (non-hydrogen) atoms. The number of hydrogen-bond donors (Lipinski definition) is 0. The van der Waals surface area contributed by atoms with Gasteiger partial charge < -0.3 is 9.80 Å². The Morgan fingerprint density at radius 1 is 0.903 bits per heavy atom. The van der Waals surface area contributed by atoms with Crippen molar-refractivity contribution in [2.24, 2.45) is 5.92 Å². The summed E-state index contributed by atoms with van der Waals surface area (Å²) in [5, 5.41) is 0. The molecule has 3 aliphatic rings. The summed E-state index contributed by atoms with van der Waals surface area (Å²) in [6.07, 6.45) is -0.547. The number of benzene rings is 2. The summed E-state index contributed by atoms with van der Waals surface area (Å²) in [7, 11) is 2.10. The number of amides is 1. The first-order valence-electron chi connectivity index (χ1n) is 11.1. The lowest BCUT2D eigenvalue weighted by Crippen LogP contribution is -2.44. The number of carbonyl (C=O) groups excluding carboxylic acids is 1. The Morgan fingerprint density at radius 3 is 2.26 bits per heavy atom. The fourth-order valence-corrected chi connectivity index (χ4v) is 5.56. The molecule has 0 unspecified atom stereocenters. The van der Waals surface area contributed by atoms with Gasteiger partial charge in [0.1, 0.15) is 0 Å². The lowest BCUT2D eigenvalue weighted by Gasteiger charge is -2.38. The van der Waals surface area contributed by atoms with Crippen molar-refractivity contribution in [2.75, 3.05) is 26.7 Å². The number of piperidine rings is 2. The summed E-state index contributed by atoms with van der Waals surface area (Å²) in [6.45, 7) is 2.73. The third-order valence-electron chi connectivity index (χ3n) is 7.38. The fourth-order valence-electron chi connectivity index (χ4n) is 5.56. The summed E-state index contributed by atoms with van der Waals surface area (Å²) >= 11 is 0. The predicted octanol–water partition coefficient (Wildman–Crippen LogP) is 5.47. The van der Waals surface area contributed by atoms with E-state index in [2.05, 4.69) is 29.0 Å². The average molecular weight is 428 g/mol. The first-order valence-corrected chi connectivity index (χ1v) is 11.1. The summed E-state index contributed by atoms with van der Waals surface area (Å²) in [6, 6.07) is 11.7. The van der Waals surface area contributed by atoms with Gasteiger partial charge in [-0.15, -0.1) is 0 Å². The molecule has 3 nitrogen and oxygen atoms in total. The number of alkyl halides is 3. The molecule has 0 N–H and O–H groups in total. The predicted molar refractivity (Wildman–Crippen MR) is 114 cm³/mol. The van der Waals surface area contributed by atoms with Crippen LogP contribution in [0.1, 0.15) is 54.3 Å². The van der Waals surface area contributed by atoms with E-state index >= 15 is 0 Å². The standard InChI is InChI=1S/C25H27F3N2O/c1-29-11-8-17(9-12-29)24(31)30-13-10-19-15-23(30)22-14-18(4-7-21(19)22)16-2-5-20(6-3-16)25(26,27)28/h2-7,14,17,19,23H,8-13,15H2,1H3/t19-,23+/m1/s1. The van der Waals surface area contributed by atoms with E-state index in [0.717, 1.165) is 68.6 Å². The van der Waals surface area contributed by atoms with E-state index in [-0.39, 0.29) is 17.9 Å². The average Bonchev–Trinajstić information content (AvgIpc) is 3.05. The number of nitrogens with zero attached hydrogens (tertiary/aromatic N) is 2. The second kappa shape index (κ2) is 7.66. The molecule has 164 valence electrons. The molecule has 2 aromatic carbocycles. The van der Waals surface area contributed by atoms with Gasteiger partial charge in [-0.2, -0.15) is 13.2 Å². The van der Waals surface area contributed by atoms with Crippen LogP contribution >= 0.6 is 0 Å². The maximum absolute atomic E-state index is 13.3. The minimum Gasteiger partial charge on any atom is -0.335 e. The Hall–Kier alpha value is -2.34. The minimum absolute atomic E-state index is 0.0929. The normalized spacial score (nSPS) is 24.3. The number of fused-ring (bicyclic) bond motifs is 5. The van der Waals surface area contributed by atoms with Crippen LogP contribution in [0.25, 0.3) is 11.1 Å². The van der Waals surface area contributed by atoms with Gasteiger partial charge in [0.2, 0.25) is 5.91 Å². The van der Waals surface area contributed by atoms with Crippen molar-refractivity contribution < 1.29 is 18.0 Å². The first-order chi connectivity index (χ1) is 14.8. The molecule has 0 spiro atoms. The summed E-state index contributed by atoms with van der Waals surface area (Å²) in [5.41, 5.74) is 3.53. The minimum atomic E-state index is -4.33. The second-order valence-corrected chi connectivity index (χ2v) is 9.27. The summed E-state index contributed by atoms with van der Waals surface area (Å²) in [5.74, 6) is 0.863. The van der Waals surface area contributed by atoms with Gasteiger partial charge in [-0.3, -0.25) is 4.79 Å². The van der Waals surface area contributed by atoms with Crippen molar-refractivity contribution in [3.05, 3.63) is 59.2 Å². The molecule has 2 aliphatic heterocycles. The van der Waals surface area contributed by atoms with Gasteiger partial charge in [-0.25, -0.2) is 0 Å². The molecule has 0 radical (unpaired) electrons. The molecule has 2 saturated heterocycles. The second-order valence-electron chi connectivity index (χ2n) is 9.27. The molecule has 2 atom stereocenters. The number of halogens is 3. The molecule has 6 heteroatoms.